The number of carboxylic acids is 1. The molecule has 90 valence electrons. The first-order valence-electron chi connectivity index (χ1n) is 5.41. The van der Waals surface area contributed by atoms with Gasteiger partial charge in [0.05, 0.1) is 17.9 Å². The molecule has 0 atom stereocenters. The van der Waals surface area contributed by atoms with E-state index in [-0.39, 0.29) is 5.56 Å². The van der Waals surface area contributed by atoms with Crippen LogP contribution in [0, 0.1) is 26.2 Å². The highest BCUT2D eigenvalue weighted by Crippen LogP contribution is 2.23. The number of aromatic nitrogens is 1. The predicted octanol–water partition coefficient (Wildman–Crippen LogP) is 1.86. The molecular weight excluding hydrogens is 216 g/mol. The van der Waals surface area contributed by atoms with Crippen molar-refractivity contribution in [2.75, 3.05) is 18.0 Å². The molecule has 1 N–H and O–H groups in total. The molecule has 0 amide bonds. The van der Waals surface area contributed by atoms with Crippen LogP contribution in [0.15, 0.2) is 6.07 Å². The molecule has 0 saturated heterocycles. The third-order valence-electron chi connectivity index (χ3n) is 2.53. The molecule has 0 aliphatic carbocycles. The number of hydrogen-bond acceptors (Lipinski definition) is 3. The molecule has 0 fully saturated rings. The van der Waals surface area contributed by atoms with Gasteiger partial charge in [-0.2, -0.15) is 0 Å². The van der Waals surface area contributed by atoms with Crippen molar-refractivity contribution in [2.24, 2.45) is 0 Å². The lowest BCUT2D eigenvalue weighted by atomic mass is 10.1. The molecule has 0 radical (unpaired) electrons. The van der Waals surface area contributed by atoms with Gasteiger partial charge in [-0.25, -0.2) is 4.79 Å². The van der Waals surface area contributed by atoms with Crippen LogP contribution in [0.3, 0.4) is 0 Å². The SMILES string of the molecule is C#CCN(CC)c1cc(C)nc(C)c1C(=O)O. The molecule has 1 aromatic heterocycles. The Kier molecular flexibility index (Phi) is 4.11. The molecule has 17 heavy (non-hydrogen) atoms. The quantitative estimate of drug-likeness (QED) is 0.805. The highest BCUT2D eigenvalue weighted by atomic mass is 16.4. The number of nitrogens with zero attached hydrogens (tertiary/aromatic N) is 2. The average molecular weight is 232 g/mol. The minimum absolute atomic E-state index is 0.229. The summed E-state index contributed by atoms with van der Waals surface area (Å²) in [7, 11) is 0. The molecule has 1 rings (SSSR count). The van der Waals surface area contributed by atoms with Crippen LogP contribution in [-0.2, 0) is 0 Å². The van der Waals surface area contributed by atoms with Crippen molar-refractivity contribution in [1.82, 2.24) is 4.98 Å². The van der Waals surface area contributed by atoms with Gasteiger partial charge in [0.15, 0.2) is 0 Å². The van der Waals surface area contributed by atoms with Gasteiger partial charge < -0.3 is 10.0 Å². The number of hydrogen-bond donors (Lipinski definition) is 1. The lowest BCUT2D eigenvalue weighted by molar-refractivity contribution is 0.0696. The predicted molar refractivity (Wildman–Crippen MR) is 67.4 cm³/mol. The molecule has 4 nitrogen and oxygen atoms in total. The van der Waals surface area contributed by atoms with Gasteiger partial charge in [-0.3, -0.25) is 4.98 Å². The Morgan fingerprint density at radius 3 is 2.71 bits per heavy atom. The van der Waals surface area contributed by atoms with Crippen molar-refractivity contribution in [3.05, 3.63) is 23.0 Å². The van der Waals surface area contributed by atoms with Crippen LogP contribution in [0.2, 0.25) is 0 Å². The van der Waals surface area contributed by atoms with Crippen molar-refractivity contribution in [2.45, 2.75) is 20.8 Å². The molecule has 0 unspecified atom stereocenters. The maximum atomic E-state index is 11.3. The Labute approximate surface area is 101 Å². The first-order valence-corrected chi connectivity index (χ1v) is 5.41. The number of pyridine rings is 1. The smallest absolute Gasteiger partial charge is 0.339 e. The molecule has 0 aromatic carbocycles. The summed E-state index contributed by atoms with van der Waals surface area (Å²) in [5.41, 5.74) is 2.18. The average Bonchev–Trinajstić information content (AvgIpc) is 2.23. The monoisotopic (exact) mass is 232 g/mol. The summed E-state index contributed by atoms with van der Waals surface area (Å²) in [6.07, 6.45) is 5.29. The van der Waals surface area contributed by atoms with Gasteiger partial charge >= 0.3 is 5.97 Å². The minimum Gasteiger partial charge on any atom is -0.478 e. The van der Waals surface area contributed by atoms with Crippen molar-refractivity contribution >= 4 is 11.7 Å². The topological polar surface area (TPSA) is 53.4 Å². The molecule has 4 heteroatoms. The molecule has 0 aliphatic rings. The third-order valence-corrected chi connectivity index (χ3v) is 2.53. The van der Waals surface area contributed by atoms with E-state index in [1.165, 1.54) is 0 Å². The highest BCUT2D eigenvalue weighted by Gasteiger charge is 2.18. The van der Waals surface area contributed by atoms with E-state index >= 15 is 0 Å². The molecular formula is C13H16N2O2. The third kappa shape index (κ3) is 2.76. The number of anilines is 1. The maximum Gasteiger partial charge on any atom is 0.339 e. The zero-order valence-electron chi connectivity index (χ0n) is 10.3. The summed E-state index contributed by atoms with van der Waals surface area (Å²) < 4.78 is 0. The fourth-order valence-corrected chi connectivity index (χ4v) is 1.80. The van der Waals surface area contributed by atoms with Crippen molar-refractivity contribution in [1.29, 1.82) is 0 Å². The lowest BCUT2D eigenvalue weighted by Crippen LogP contribution is -2.26. The van der Waals surface area contributed by atoms with Gasteiger partial charge in [-0.1, -0.05) is 5.92 Å². The summed E-state index contributed by atoms with van der Waals surface area (Å²) in [6.45, 7) is 6.52. The maximum absolute atomic E-state index is 11.3. The molecule has 0 aliphatic heterocycles. The van der Waals surface area contributed by atoms with E-state index in [2.05, 4.69) is 10.9 Å². The van der Waals surface area contributed by atoms with E-state index in [0.29, 0.717) is 24.5 Å². The second-order valence-corrected chi connectivity index (χ2v) is 3.77. The van der Waals surface area contributed by atoms with Crippen molar-refractivity contribution < 1.29 is 9.90 Å². The lowest BCUT2D eigenvalue weighted by Gasteiger charge is -2.23. The van der Waals surface area contributed by atoms with E-state index in [1.807, 2.05) is 18.7 Å². The van der Waals surface area contributed by atoms with Gasteiger partial charge in [-0.05, 0) is 26.8 Å². The van der Waals surface area contributed by atoms with Crippen LogP contribution >= 0.6 is 0 Å². The van der Waals surface area contributed by atoms with E-state index in [1.54, 1.807) is 13.0 Å². The van der Waals surface area contributed by atoms with Crippen LogP contribution in [0.25, 0.3) is 0 Å². The summed E-state index contributed by atoms with van der Waals surface area (Å²) in [6, 6.07) is 1.76. The number of rotatable bonds is 4. The van der Waals surface area contributed by atoms with E-state index in [4.69, 9.17) is 6.42 Å². The Hall–Kier alpha value is -2.02. The van der Waals surface area contributed by atoms with E-state index in [9.17, 15) is 9.90 Å². The van der Waals surface area contributed by atoms with Gasteiger partial charge in [-0.15, -0.1) is 6.42 Å². The summed E-state index contributed by atoms with van der Waals surface area (Å²) >= 11 is 0. The number of terminal acetylenes is 1. The van der Waals surface area contributed by atoms with E-state index < -0.39 is 5.97 Å². The standard InChI is InChI=1S/C13H16N2O2/c1-5-7-15(6-2)11-8-9(3)14-10(4)12(11)13(16)17/h1,8H,6-7H2,2-4H3,(H,16,17). The number of carboxylic acid groups (broad SMARTS) is 1. The zero-order valence-corrected chi connectivity index (χ0v) is 10.3. The molecule has 0 bridgehead atoms. The first-order chi connectivity index (χ1) is 8.01. The number of aromatic carboxylic acids is 1. The Morgan fingerprint density at radius 2 is 2.24 bits per heavy atom. The van der Waals surface area contributed by atoms with Gasteiger partial charge in [0.25, 0.3) is 0 Å². The van der Waals surface area contributed by atoms with Crippen LogP contribution in [0.1, 0.15) is 28.7 Å². The fraction of sp³-hybridized carbons (Fsp3) is 0.385. The van der Waals surface area contributed by atoms with Crippen LogP contribution in [-0.4, -0.2) is 29.1 Å². The normalized spacial score (nSPS) is 9.76. The Morgan fingerprint density at radius 1 is 1.59 bits per heavy atom. The summed E-state index contributed by atoms with van der Waals surface area (Å²) in [4.78, 5) is 17.3. The molecule has 0 saturated carbocycles. The van der Waals surface area contributed by atoms with Gasteiger partial charge in [0.2, 0.25) is 0 Å². The molecule has 0 spiro atoms. The minimum atomic E-state index is -0.972. The van der Waals surface area contributed by atoms with Gasteiger partial charge in [0, 0.05) is 12.2 Å². The molecule has 1 heterocycles. The summed E-state index contributed by atoms with van der Waals surface area (Å²) in [5.74, 6) is 1.56. The van der Waals surface area contributed by atoms with Crippen LogP contribution in [0.5, 0.6) is 0 Å². The van der Waals surface area contributed by atoms with Crippen molar-refractivity contribution in [3.8, 4) is 12.3 Å². The highest BCUT2D eigenvalue weighted by molar-refractivity contribution is 5.95. The second-order valence-electron chi connectivity index (χ2n) is 3.77. The van der Waals surface area contributed by atoms with E-state index in [0.717, 1.165) is 5.69 Å². The molecule has 1 aromatic rings. The Bertz CT molecular complexity index is 475. The largest absolute Gasteiger partial charge is 0.478 e. The fourth-order valence-electron chi connectivity index (χ4n) is 1.80. The van der Waals surface area contributed by atoms with Crippen LogP contribution in [0.4, 0.5) is 5.69 Å². The zero-order chi connectivity index (χ0) is 13.0. The first kappa shape index (κ1) is 13.0. The van der Waals surface area contributed by atoms with Gasteiger partial charge in [0.1, 0.15) is 5.56 Å². The second kappa shape index (κ2) is 5.35. The summed E-state index contributed by atoms with van der Waals surface area (Å²) in [5, 5.41) is 9.23. The number of carbonyl (C=O) groups is 1. The van der Waals surface area contributed by atoms with Crippen LogP contribution < -0.4 is 4.90 Å². The van der Waals surface area contributed by atoms with Crippen molar-refractivity contribution in [3.63, 3.8) is 0 Å². The Balaban J connectivity index is 3.39. The number of aryl methyl sites for hydroxylation is 2.